The third-order valence-corrected chi connectivity index (χ3v) is 16.3. The number of hydrogen-bond acceptors (Lipinski definition) is 10. The van der Waals surface area contributed by atoms with Crippen molar-refractivity contribution in [3.05, 3.63) is 161 Å². The molecule has 0 amide bonds. The van der Waals surface area contributed by atoms with Crippen molar-refractivity contribution in [2.75, 3.05) is 34.2 Å². The Kier molecular flexibility index (Phi) is 18.6. The smallest absolute Gasteiger partial charge is 0.423 e. The number of hydrogen-bond donors (Lipinski definition) is 2. The van der Waals surface area contributed by atoms with Crippen molar-refractivity contribution in [2.45, 2.75) is 61.1 Å². The van der Waals surface area contributed by atoms with E-state index >= 15 is 0 Å². The van der Waals surface area contributed by atoms with Crippen LogP contribution in [-0.2, 0) is 39.7 Å². The SMILES string of the molecule is CS(=O)(=O)c1ccc(B(O)O)cc1.Cc1ccccc1N(CC(C)C)S(=O)(=O)c1ccc(-c2ccc(S(C)(=O)=O)cc2)cc1.Cc1ccccc1N(CC(C)C)S(=O)(=O)c1ccc(Br)cc1. The number of sulfonamides is 2. The number of anilines is 2. The van der Waals surface area contributed by atoms with Crippen LogP contribution >= 0.6 is 15.9 Å². The molecule has 0 heterocycles. The van der Waals surface area contributed by atoms with Crippen molar-refractivity contribution in [1.29, 1.82) is 0 Å². The molecule has 12 nitrogen and oxygen atoms in total. The minimum Gasteiger partial charge on any atom is -0.423 e. The van der Waals surface area contributed by atoms with Gasteiger partial charge in [-0.3, -0.25) is 8.61 Å². The molecule has 0 atom stereocenters. The maximum atomic E-state index is 13.5. The zero-order valence-corrected chi connectivity index (χ0v) is 42.9. The van der Waals surface area contributed by atoms with Crippen molar-refractivity contribution in [1.82, 2.24) is 0 Å². The van der Waals surface area contributed by atoms with Crippen molar-refractivity contribution in [2.24, 2.45) is 11.8 Å². The molecule has 2 N–H and O–H groups in total. The van der Waals surface area contributed by atoms with Gasteiger partial charge in [-0.15, -0.1) is 0 Å². The van der Waals surface area contributed by atoms with Crippen LogP contribution in [0.4, 0.5) is 11.4 Å². The van der Waals surface area contributed by atoms with Gasteiger partial charge >= 0.3 is 7.12 Å². The van der Waals surface area contributed by atoms with Crippen LogP contribution in [0.2, 0.25) is 0 Å². The molecule has 6 aromatic rings. The maximum absolute atomic E-state index is 13.5. The van der Waals surface area contributed by atoms with Gasteiger partial charge in [0.15, 0.2) is 19.7 Å². The highest BCUT2D eigenvalue weighted by Gasteiger charge is 2.28. The minimum atomic E-state index is -3.74. The molecule has 0 unspecified atom stereocenters. The standard InChI is InChI=1S/C24H27NO4S2.C17H20BrNO2S.C7H9BO4S/c1-18(2)17-25(24-8-6-5-7-19(24)3)31(28,29)23-15-11-21(12-16-23)20-9-13-22(14-10-20)30(4,26)27;1-13(2)12-19(17-7-5-4-6-14(17)3)22(20,21)16-10-8-15(18)9-11-16;1-13(11,12)7-4-2-6(3-5-7)8(9)10/h5-16,18H,17H2,1-4H3;4-11,13H,12H2,1-3H3;2-5,9-10H,1H3. The van der Waals surface area contributed by atoms with E-state index in [1.54, 1.807) is 72.8 Å². The average Bonchev–Trinajstić information content (AvgIpc) is 3.25. The molecule has 0 aliphatic rings. The Morgan fingerprint density at radius 3 is 1.08 bits per heavy atom. The Hall–Kier alpha value is -4.82. The second kappa shape index (κ2) is 22.8. The highest BCUT2D eigenvalue weighted by atomic mass is 79.9. The lowest BCUT2D eigenvalue weighted by Gasteiger charge is -2.27. The van der Waals surface area contributed by atoms with Crippen LogP contribution in [0.3, 0.4) is 0 Å². The van der Waals surface area contributed by atoms with Gasteiger partial charge in [0.05, 0.1) is 31.0 Å². The Labute approximate surface area is 400 Å². The van der Waals surface area contributed by atoms with E-state index in [9.17, 15) is 33.7 Å². The average molecular weight is 1040 g/mol. The predicted octanol–water partition coefficient (Wildman–Crippen LogP) is 8.30. The summed E-state index contributed by atoms with van der Waals surface area (Å²) in [6.07, 6.45) is 2.26. The van der Waals surface area contributed by atoms with E-state index in [0.29, 0.717) is 23.7 Å². The van der Waals surface area contributed by atoms with Crippen molar-refractivity contribution >= 4 is 79.6 Å². The zero-order valence-electron chi connectivity index (χ0n) is 38.1. The van der Waals surface area contributed by atoms with E-state index in [0.717, 1.165) is 38.7 Å². The van der Waals surface area contributed by atoms with Gasteiger partial charge in [-0.1, -0.05) is 116 Å². The summed E-state index contributed by atoms with van der Waals surface area (Å²) in [5.74, 6) is 0.381. The van der Waals surface area contributed by atoms with Crippen LogP contribution in [0.1, 0.15) is 38.8 Å². The largest absolute Gasteiger partial charge is 0.488 e. The van der Waals surface area contributed by atoms with Crippen molar-refractivity contribution in [3.63, 3.8) is 0 Å². The van der Waals surface area contributed by atoms with Crippen LogP contribution in [0.25, 0.3) is 11.1 Å². The van der Waals surface area contributed by atoms with Gasteiger partial charge in [-0.25, -0.2) is 33.7 Å². The normalized spacial score (nSPS) is 11.8. The summed E-state index contributed by atoms with van der Waals surface area (Å²) in [7, 11) is -15.4. The summed E-state index contributed by atoms with van der Waals surface area (Å²) in [5.41, 5.74) is 5.15. The number of rotatable bonds is 14. The fraction of sp³-hybridized carbons (Fsp3) is 0.250. The molecule has 6 rings (SSSR count). The topological polar surface area (TPSA) is 183 Å². The summed E-state index contributed by atoms with van der Waals surface area (Å²) < 4.78 is 102. The van der Waals surface area contributed by atoms with Crippen LogP contribution in [0.15, 0.2) is 170 Å². The van der Waals surface area contributed by atoms with Gasteiger partial charge in [0.1, 0.15) is 0 Å². The molecule has 0 saturated heterocycles. The molecule has 0 aliphatic carbocycles. The van der Waals surface area contributed by atoms with E-state index in [1.165, 1.54) is 39.1 Å². The van der Waals surface area contributed by atoms with Gasteiger partial charge in [-0.05, 0) is 126 Å². The molecule has 18 heteroatoms. The first-order valence-electron chi connectivity index (χ1n) is 20.7. The molecule has 0 spiro atoms. The lowest BCUT2D eigenvalue weighted by molar-refractivity contribution is 0.425. The molecular formula is C48H56BBrN2O10S4. The Morgan fingerprint density at radius 1 is 0.470 bits per heavy atom. The molecule has 6 aromatic carbocycles. The maximum Gasteiger partial charge on any atom is 0.488 e. The van der Waals surface area contributed by atoms with Gasteiger partial charge in [0.25, 0.3) is 20.0 Å². The predicted molar refractivity (Wildman–Crippen MR) is 270 cm³/mol. The second-order valence-corrected chi connectivity index (χ2v) is 25.1. The fourth-order valence-electron chi connectivity index (χ4n) is 6.46. The van der Waals surface area contributed by atoms with E-state index in [2.05, 4.69) is 15.9 Å². The first-order chi connectivity index (χ1) is 30.7. The first-order valence-corrected chi connectivity index (χ1v) is 28.2. The molecular weight excluding hydrogens is 984 g/mol. The van der Waals surface area contributed by atoms with Gasteiger partial charge < -0.3 is 10.0 Å². The lowest BCUT2D eigenvalue weighted by atomic mass is 9.81. The number of halogens is 1. The first kappa shape index (κ1) is 53.8. The second-order valence-electron chi connectivity index (χ2n) is 16.4. The number of aryl methyl sites for hydroxylation is 2. The third kappa shape index (κ3) is 14.6. The van der Waals surface area contributed by atoms with Gasteiger partial charge in [0.2, 0.25) is 0 Å². The number of para-hydroxylation sites is 2. The molecule has 0 saturated carbocycles. The van der Waals surface area contributed by atoms with Gasteiger partial charge in [-0.2, -0.15) is 0 Å². The number of sulfone groups is 2. The summed E-state index contributed by atoms with van der Waals surface area (Å²) in [5, 5.41) is 17.4. The Bertz CT molecular complexity index is 3010. The van der Waals surface area contributed by atoms with Crippen LogP contribution < -0.4 is 14.1 Å². The molecule has 0 bridgehead atoms. The monoisotopic (exact) mass is 1040 g/mol. The van der Waals surface area contributed by atoms with E-state index in [4.69, 9.17) is 10.0 Å². The lowest BCUT2D eigenvalue weighted by Crippen LogP contribution is -2.34. The fourth-order valence-corrected chi connectivity index (χ4v) is 11.4. The molecule has 0 fully saturated rings. The van der Waals surface area contributed by atoms with E-state index in [-0.39, 0.29) is 32.0 Å². The number of benzene rings is 6. The van der Waals surface area contributed by atoms with E-state index in [1.807, 2.05) is 90.1 Å². The summed E-state index contributed by atoms with van der Waals surface area (Å²) in [6.45, 7) is 12.7. The highest BCUT2D eigenvalue weighted by Crippen LogP contribution is 2.31. The van der Waals surface area contributed by atoms with Crippen LogP contribution in [0, 0.1) is 25.7 Å². The van der Waals surface area contributed by atoms with E-state index < -0.39 is 46.8 Å². The highest BCUT2D eigenvalue weighted by molar-refractivity contribution is 9.10. The summed E-state index contributed by atoms with van der Waals surface area (Å²) in [6, 6.07) is 40.4. The third-order valence-electron chi connectivity index (χ3n) is 9.90. The molecule has 66 heavy (non-hydrogen) atoms. The number of nitrogens with zero attached hydrogens (tertiary/aromatic N) is 2. The van der Waals surface area contributed by atoms with Crippen LogP contribution in [0.5, 0.6) is 0 Å². The molecule has 0 radical (unpaired) electrons. The molecule has 0 aliphatic heterocycles. The summed E-state index contributed by atoms with van der Waals surface area (Å²) >= 11 is 3.34. The zero-order chi connectivity index (χ0) is 49.2. The van der Waals surface area contributed by atoms with Crippen molar-refractivity contribution < 1.29 is 43.7 Å². The minimum absolute atomic E-state index is 0.155. The molecule has 0 aromatic heterocycles. The Morgan fingerprint density at radius 2 is 0.773 bits per heavy atom. The molecule has 352 valence electrons. The van der Waals surface area contributed by atoms with Gasteiger partial charge in [0, 0.05) is 30.1 Å². The van der Waals surface area contributed by atoms with Crippen molar-refractivity contribution in [3.8, 4) is 11.1 Å². The Balaban J connectivity index is 0.000000236. The summed E-state index contributed by atoms with van der Waals surface area (Å²) in [4.78, 5) is 0.933. The quantitative estimate of drug-likeness (QED) is 0.101. The van der Waals surface area contributed by atoms with Crippen LogP contribution in [-0.4, -0.2) is 76.4 Å².